The van der Waals surface area contributed by atoms with Crippen molar-refractivity contribution in [2.75, 3.05) is 20.3 Å². The number of hydrogen-bond donors (Lipinski definition) is 1. The van der Waals surface area contributed by atoms with Crippen molar-refractivity contribution in [3.8, 4) is 0 Å². The van der Waals surface area contributed by atoms with Gasteiger partial charge in [0, 0.05) is 12.6 Å². The highest BCUT2D eigenvalue weighted by Gasteiger charge is 2.29. The topological polar surface area (TPSA) is 61.5 Å². The van der Waals surface area contributed by atoms with Crippen LogP contribution in [0.3, 0.4) is 0 Å². The van der Waals surface area contributed by atoms with E-state index < -0.39 is 0 Å². The van der Waals surface area contributed by atoms with Crippen LogP contribution in [-0.2, 0) is 14.3 Å². The maximum atomic E-state index is 11.0. The van der Waals surface area contributed by atoms with Crippen LogP contribution in [0.2, 0.25) is 0 Å². The molecule has 0 aromatic carbocycles. The van der Waals surface area contributed by atoms with Gasteiger partial charge in [-0.1, -0.05) is 0 Å². The second-order valence-corrected chi connectivity index (χ2v) is 2.66. The van der Waals surface area contributed by atoms with Gasteiger partial charge < -0.3 is 15.2 Å². The van der Waals surface area contributed by atoms with Crippen molar-refractivity contribution in [3.05, 3.63) is 0 Å². The van der Waals surface area contributed by atoms with Crippen LogP contribution in [0, 0.1) is 5.92 Å². The van der Waals surface area contributed by atoms with Crippen molar-refractivity contribution < 1.29 is 14.3 Å². The lowest BCUT2D eigenvalue weighted by Crippen LogP contribution is -2.43. The Labute approximate surface area is 65.7 Å². The van der Waals surface area contributed by atoms with Gasteiger partial charge in [0.25, 0.3) is 0 Å². The monoisotopic (exact) mass is 159 g/mol. The highest BCUT2D eigenvalue weighted by molar-refractivity contribution is 5.73. The first-order chi connectivity index (χ1) is 5.25. The molecule has 1 aliphatic rings. The quantitative estimate of drug-likeness (QED) is 0.525. The molecule has 0 aliphatic carbocycles. The van der Waals surface area contributed by atoms with E-state index in [0.717, 1.165) is 6.42 Å². The fraction of sp³-hybridized carbons (Fsp3) is 0.857. The number of carbonyl (C=O) groups excluding carboxylic acids is 1. The molecular weight excluding hydrogens is 146 g/mol. The molecule has 1 heterocycles. The first kappa shape index (κ1) is 8.49. The van der Waals surface area contributed by atoms with Gasteiger partial charge in [-0.05, 0) is 6.42 Å². The summed E-state index contributed by atoms with van der Waals surface area (Å²) in [5.41, 5.74) is 5.67. The summed E-state index contributed by atoms with van der Waals surface area (Å²) in [6.07, 6.45) is 0.736. The molecule has 64 valence electrons. The molecule has 2 atom stereocenters. The molecule has 1 saturated heterocycles. The molecule has 0 radical (unpaired) electrons. The molecule has 1 aliphatic heterocycles. The van der Waals surface area contributed by atoms with Gasteiger partial charge in [0.1, 0.15) is 0 Å². The lowest BCUT2D eigenvalue weighted by atomic mass is 9.97. The zero-order valence-electron chi connectivity index (χ0n) is 6.58. The Hall–Kier alpha value is -0.610. The normalized spacial score (nSPS) is 31.5. The smallest absolute Gasteiger partial charge is 0.312 e. The predicted octanol–water partition coefficient (Wildman–Crippen LogP) is -0.477. The second-order valence-electron chi connectivity index (χ2n) is 2.66. The lowest BCUT2D eigenvalue weighted by Gasteiger charge is -2.26. The highest BCUT2D eigenvalue weighted by atomic mass is 16.5. The number of rotatable bonds is 1. The van der Waals surface area contributed by atoms with E-state index in [1.54, 1.807) is 0 Å². The second kappa shape index (κ2) is 3.69. The minimum atomic E-state index is -0.270. The molecule has 0 bridgehead atoms. The summed E-state index contributed by atoms with van der Waals surface area (Å²) in [5.74, 6) is -0.536. The Bertz CT molecular complexity index is 149. The van der Waals surface area contributed by atoms with Crippen LogP contribution >= 0.6 is 0 Å². The summed E-state index contributed by atoms with van der Waals surface area (Å²) in [6, 6.07) is -0.101. The van der Waals surface area contributed by atoms with Crippen molar-refractivity contribution in [1.29, 1.82) is 0 Å². The molecule has 1 fully saturated rings. The highest BCUT2D eigenvalue weighted by Crippen LogP contribution is 2.13. The molecule has 4 heteroatoms. The molecule has 0 unspecified atom stereocenters. The first-order valence-corrected chi connectivity index (χ1v) is 3.67. The molecular formula is C7H13NO3. The van der Waals surface area contributed by atoms with E-state index in [4.69, 9.17) is 10.5 Å². The number of hydrogen-bond acceptors (Lipinski definition) is 4. The van der Waals surface area contributed by atoms with E-state index in [-0.39, 0.29) is 17.9 Å². The SMILES string of the molecule is COC(=O)[C@@H]1COCC[C@@H]1N. The number of nitrogens with two attached hydrogens (primary N) is 1. The molecule has 0 amide bonds. The van der Waals surface area contributed by atoms with Gasteiger partial charge in [0.2, 0.25) is 0 Å². The maximum absolute atomic E-state index is 11.0. The van der Waals surface area contributed by atoms with E-state index in [1.165, 1.54) is 7.11 Å². The van der Waals surface area contributed by atoms with Crippen LogP contribution in [0.1, 0.15) is 6.42 Å². The lowest BCUT2D eigenvalue weighted by molar-refractivity contribution is -0.150. The van der Waals surface area contributed by atoms with Crippen LogP contribution < -0.4 is 5.73 Å². The summed E-state index contributed by atoms with van der Waals surface area (Å²) in [5, 5.41) is 0. The van der Waals surface area contributed by atoms with Crippen LogP contribution in [-0.4, -0.2) is 32.3 Å². The van der Waals surface area contributed by atoms with Crippen molar-refractivity contribution >= 4 is 5.97 Å². The van der Waals surface area contributed by atoms with Crippen LogP contribution in [0.5, 0.6) is 0 Å². The Morgan fingerprint density at radius 2 is 2.45 bits per heavy atom. The van der Waals surface area contributed by atoms with Gasteiger partial charge in [-0.3, -0.25) is 4.79 Å². The van der Waals surface area contributed by atoms with Crippen molar-refractivity contribution in [1.82, 2.24) is 0 Å². The van der Waals surface area contributed by atoms with E-state index in [9.17, 15) is 4.79 Å². The summed E-state index contributed by atoms with van der Waals surface area (Å²) in [6.45, 7) is 1.04. The van der Waals surface area contributed by atoms with Crippen LogP contribution in [0.4, 0.5) is 0 Å². The first-order valence-electron chi connectivity index (χ1n) is 3.67. The summed E-state index contributed by atoms with van der Waals surface area (Å²) in [4.78, 5) is 11.0. The number of carbonyl (C=O) groups is 1. The van der Waals surface area contributed by atoms with Gasteiger partial charge in [0.05, 0.1) is 19.6 Å². The third kappa shape index (κ3) is 1.91. The standard InChI is InChI=1S/C7H13NO3/c1-10-7(9)5-4-11-3-2-6(5)8/h5-6H,2-4,8H2,1H3/t5-,6+/m1/s1. The number of esters is 1. The summed E-state index contributed by atoms with van der Waals surface area (Å²) in [7, 11) is 1.36. The largest absolute Gasteiger partial charge is 0.469 e. The minimum absolute atomic E-state index is 0.101. The molecule has 1 rings (SSSR count). The van der Waals surface area contributed by atoms with Gasteiger partial charge in [-0.2, -0.15) is 0 Å². The van der Waals surface area contributed by atoms with Crippen LogP contribution in [0.25, 0.3) is 0 Å². The Balaban J connectivity index is 2.47. The number of ether oxygens (including phenoxy) is 2. The molecule has 0 spiro atoms. The third-order valence-electron chi connectivity index (χ3n) is 1.91. The average Bonchev–Trinajstić information content (AvgIpc) is 2.04. The zero-order chi connectivity index (χ0) is 8.27. The molecule has 0 aromatic heterocycles. The average molecular weight is 159 g/mol. The summed E-state index contributed by atoms with van der Waals surface area (Å²) >= 11 is 0. The van der Waals surface area contributed by atoms with E-state index >= 15 is 0 Å². The van der Waals surface area contributed by atoms with E-state index in [0.29, 0.717) is 13.2 Å². The summed E-state index contributed by atoms with van der Waals surface area (Å²) < 4.78 is 9.66. The third-order valence-corrected chi connectivity index (χ3v) is 1.91. The van der Waals surface area contributed by atoms with E-state index in [2.05, 4.69) is 4.74 Å². The maximum Gasteiger partial charge on any atom is 0.312 e. The molecule has 4 nitrogen and oxygen atoms in total. The Kier molecular flexibility index (Phi) is 2.84. The van der Waals surface area contributed by atoms with Crippen molar-refractivity contribution in [2.24, 2.45) is 11.7 Å². The molecule has 0 aromatic rings. The van der Waals surface area contributed by atoms with Crippen LogP contribution in [0.15, 0.2) is 0 Å². The molecule has 2 N–H and O–H groups in total. The predicted molar refractivity (Wildman–Crippen MR) is 38.9 cm³/mol. The fourth-order valence-electron chi connectivity index (χ4n) is 1.15. The van der Waals surface area contributed by atoms with E-state index in [1.807, 2.05) is 0 Å². The van der Waals surface area contributed by atoms with Crippen molar-refractivity contribution in [2.45, 2.75) is 12.5 Å². The number of methoxy groups -OCH3 is 1. The van der Waals surface area contributed by atoms with Gasteiger partial charge in [-0.15, -0.1) is 0 Å². The minimum Gasteiger partial charge on any atom is -0.469 e. The van der Waals surface area contributed by atoms with Gasteiger partial charge >= 0.3 is 5.97 Å². The van der Waals surface area contributed by atoms with Gasteiger partial charge in [-0.25, -0.2) is 0 Å². The molecule has 0 saturated carbocycles. The van der Waals surface area contributed by atoms with Crippen molar-refractivity contribution in [3.63, 3.8) is 0 Å². The molecule has 11 heavy (non-hydrogen) atoms. The fourth-order valence-corrected chi connectivity index (χ4v) is 1.15. The zero-order valence-corrected chi connectivity index (χ0v) is 6.58. The Morgan fingerprint density at radius 3 is 3.00 bits per heavy atom. The Morgan fingerprint density at radius 1 is 1.73 bits per heavy atom. The van der Waals surface area contributed by atoms with Gasteiger partial charge in [0.15, 0.2) is 0 Å².